The number of H-pyrrole nitrogens is 1. The molecule has 7 heteroatoms. The lowest BCUT2D eigenvalue weighted by atomic mass is 10.1. The molecule has 150 valence electrons. The van der Waals surface area contributed by atoms with E-state index < -0.39 is 6.04 Å². The Kier molecular flexibility index (Phi) is 6.46. The first-order chi connectivity index (χ1) is 13.4. The summed E-state index contributed by atoms with van der Waals surface area (Å²) in [5, 5.41) is 10.2. The van der Waals surface area contributed by atoms with Crippen molar-refractivity contribution in [3.8, 4) is 11.3 Å². The maximum Gasteiger partial charge on any atom is 0.237 e. The van der Waals surface area contributed by atoms with E-state index in [1.54, 1.807) is 11.9 Å². The molecule has 28 heavy (non-hydrogen) atoms. The second-order valence-electron chi connectivity index (χ2n) is 7.79. The molecule has 2 N–H and O–H groups in total. The molecular formula is C21H29N5O2. The van der Waals surface area contributed by atoms with E-state index in [-0.39, 0.29) is 18.2 Å². The summed E-state index contributed by atoms with van der Waals surface area (Å²) in [6.07, 6.45) is 0.189. The average Bonchev–Trinajstić information content (AvgIpc) is 3.13. The lowest BCUT2D eigenvalue weighted by Gasteiger charge is -2.36. The van der Waals surface area contributed by atoms with Crippen LogP contribution in [0.4, 0.5) is 0 Å². The first-order valence-corrected chi connectivity index (χ1v) is 9.79. The summed E-state index contributed by atoms with van der Waals surface area (Å²) in [5.74, 6) is 0.343. The molecule has 1 atom stereocenters. The maximum atomic E-state index is 12.8. The number of amides is 2. The number of hydrogen-bond acceptors (Lipinski definition) is 4. The zero-order valence-electron chi connectivity index (χ0n) is 16.8. The normalized spacial score (nSPS) is 17.6. The first kappa shape index (κ1) is 20.1. The fourth-order valence-electron chi connectivity index (χ4n) is 3.54. The van der Waals surface area contributed by atoms with Crippen LogP contribution in [0, 0.1) is 5.92 Å². The molecular weight excluding hydrogens is 354 g/mol. The van der Waals surface area contributed by atoms with Gasteiger partial charge in [-0.2, -0.15) is 5.10 Å². The summed E-state index contributed by atoms with van der Waals surface area (Å²) in [4.78, 5) is 28.9. The van der Waals surface area contributed by atoms with E-state index >= 15 is 0 Å². The predicted molar refractivity (Wildman–Crippen MR) is 108 cm³/mol. The van der Waals surface area contributed by atoms with Gasteiger partial charge in [0.15, 0.2) is 0 Å². The van der Waals surface area contributed by atoms with E-state index in [9.17, 15) is 9.59 Å². The summed E-state index contributed by atoms with van der Waals surface area (Å²) in [6.45, 7) is 6.92. The Morgan fingerprint density at radius 2 is 2.07 bits per heavy atom. The number of rotatable bonds is 7. The highest BCUT2D eigenvalue weighted by Gasteiger charge is 2.32. The minimum absolute atomic E-state index is 0.0494. The van der Waals surface area contributed by atoms with Gasteiger partial charge in [0, 0.05) is 32.2 Å². The summed E-state index contributed by atoms with van der Waals surface area (Å²) in [7, 11) is 1.76. The standard InChI is InChI=1S/C21H29N5O2/c1-15(2)13-26-10-9-22-21(28)19(26)12-20(27)25(3)14-17-11-18(24-23-17)16-7-5-4-6-8-16/h4-8,11,15,19H,9-10,12-14H2,1-3H3,(H,22,28)(H,23,24)/t19-/m1/s1. The lowest BCUT2D eigenvalue weighted by molar-refractivity contribution is -0.138. The topological polar surface area (TPSA) is 81.3 Å². The summed E-state index contributed by atoms with van der Waals surface area (Å²) in [5.41, 5.74) is 2.75. The molecule has 0 spiro atoms. The van der Waals surface area contributed by atoms with E-state index in [1.807, 2.05) is 36.4 Å². The number of aromatic nitrogens is 2. The Hall–Kier alpha value is -2.67. The zero-order chi connectivity index (χ0) is 20.1. The predicted octanol–water partition coefficient (Wildman–Crippen LogP) is 1.88. The van der Waals surface area contributed by atoms with Crippen molar-refractivity contribution in [2.45, 2.75) is 32.9 Å². The van der Waals surface area contributed by atoms with Gasteiger partial charge in [-0.3, -0.25) is 19.6 Å². The molecule has 1 aromatic heterocycles. The van der Waals surface area contributed by atoms with Crippen molar-refractivity contribution in [2.75, 3.05) is 26.7 Å². The van der Waals surface area contributed by atoms with Crippen LogP contribution in [0.1, 0.15) is 26.0 Å². The third-order valence-electron chi connectivity index (χ3n) is 4.94. The highest BCUT2D eigenvalue weighted by molar-refractivity contribution is 5.88. The second-order valence-corrected chi connectivity index (χ2v) is 7.79. The quantitative estimate of drug-likeness (QED) is 0.765. The molecule has 1 aliphatic heterocycles. The molecule has 1 fully saturated rings. The van der Waals surface area contributed by atoms with Crippen LogP contribution >= 0.6 is 0 Å². The Labute approximate surface area is 166 Å². The van der Waals surface area contributed by atoms with Gasteiger partial charge in [-0.25, -0.2) is 0 Å². The fourth-order valence-corrected chi connectivity index (χ4v) is 3.54. The monoisotopic (exact) mass is 383 g/mol. The molecule has 1 aromatic carbocycles. The number of nitrogens with zero attached hydrogens (tertiary/aromatic N) is 3. The van der Waals surface area contributed by atoms with Gasteiger partial charge >= 0.3 is 0 Å². The third kappa shape index (κ3) is 4.98. The van der Waals surface area contributed by atoms with Gasteiger partial charge in [-0.15, -0.1) is 0 Å². The zero-order valence-corrected chi connectivity index (χ0v) is 16.8. The SMILES string of the molecule is CC(C)CN1CCNC(=O)[C@H]1CC(=O)N(C)Cc1cc(-c2ccccc2)n[nH]1. The number of carbonyl (C=O) groups is 2. The van der Waals surface area contributed by atoms with Crippen LogP contribution < -0.4 is 5.32 Å². The summed E-state index contributed by atoms with van der Waals surface area (Å²) >= 11 is 0. The molecule has 0 bridgehead atoms. The van der Waals surface area contributed by atoms with Gasteiger partial charge < -0.3 is 10.2 Å². The van der Waals surface area contributed by atoms with Gasteiger partial charge in [0.2, 0.25) is 11.8 Å². The van der Waals surface area contributed by atoms with Gasteiger partial charge in [-0.05, 0) is 12.0 Å². The van der Waals surface area contributed by atoms with Gasteiger partial charge in [0.25, 0.3) is 0 Å². The van der Waals surface area contributed by atoms with Crippen LogP contribution in [0.25, 0.3) is 11.3 Å². The van der Waals surface area contributed by atoms with Crippen molar-refractivity contribution in [1.29, 1.82) is 0 Å². The van der Waals surface area contributed by atoms with Crippen molar-refractivity contribution < 1.29 is 9.59 Å². The van der Waals surface area contributed by atoms with Crippen molar-refractivity contribution in [3.63, 3.8) is 0 Å². The number of hydrogen-bond donors (Lipinski definition) is 2. The van der Waals surface area contributed by atoms with Crippen LogP contribution in [-0.2, 0) is 16.1 Å². The lowest BCUT2D eigenvalue weighted by Crippen LogP contribution is -2.57. The highest BCUT2D eigenvalue weighted by Crippen LogP contribution is 2.18. The van der Waals surface area contributed by atoms with E-state index in [0.717, 1.165) is 30.0 Å². The summed E-state index contributed by atoms with van der Waals surface area (Å²) < 4.78 is 0. The molecule has 0 unspecified atom stereocenters. The van der Waals surface area contributed by atoms with Crippen LogP contribution in [0.15, 0.2) is 36.4 Å². The van der Waals surface area contributed by atoms with Crippen LogP contribution in [0.5, 0.6) is 0 Å². The number of carbonyl (C=O) groups excluding carboxylic acids is 2. The molecule has 0 aliphatic carbocycles. The van der Waals surface area contributed by atoms with E-state index in [4.69, 9.17) is 0 Å². The van der Waals surface area contributed by atoms with Gasteiger partial charge in [0.05, 0.1) is 30.4 Å². The Morgan fingerprint density at radius 1 is 1.32 bits per heavy atom. The van der Waals surface area contributed by atoms with E-state index in [2.05, 4.69) is 34.3 Å². The molecule has 1 aliphatic rings. The molecule has 3 rings (SSSR count). The second kappa shape index (κ2) is 9.01. The van der Waals surface area contributed by atoms with E-state index in [1.165, 1.54) is 0 Å². The number of aromatic amines is 1. The van der Waals surface area contributed by atoms with Crippen molar-refractivity contribution in [2.24, 2.45) is 5.92 Å². The van der Waals surface area contributed by atoms with Crippen LogP contribution in [0.3, 0.4) is 0 Å². The van der Waals surface area contributed by atoms with Crippen molar-refractivity contribution in [1.82, 2.24) is 25.3 Å². The van der Waals surface area contributed by atoms with Gasteiger partial charge in [-0.1, -0.05) is 44.2 Å². The number of piperazine rings is 1. The molecule has 1 saturated heterocycles. The Bertz CT molecular complexity index is 802. The molecule has 2 aromatic rings. The minimum atomic E-state index is -0.396. The van der Waals surface area contributed by atoms with Gasteiger partial charge in [0.1, 0.15) is 0 Å². The van der Waals surface area contributed by atoms with E-state index in [0.29, 0.717) is 19.0 Å². The van der Waals surface area contributed by atoms with Crippen LogP contribution in [-0.4, -0.2) is 64.5 Å². The van der Waals surface area contributed by atoms with Crippen molar-refractivity contribution >= 4 is 11.8 Å². The number of nitrogens with one attached hydrogen (secondary N) is 2. The summed E-state index contributed by atoms with van der Waals surface area (Å²) in [6, 6.07) is 11.5. The molecule has 0 saturated carbocycles. The largest absolute Gasteiger partial charge is 0.353 e. The first-order valence-electron chi connectivity index (χ1n) is 9.79. The molecule has 0 radical (unpaired) electrons. The Balaban J connectivity index is 1.61. The van der Waals surface area contributed by atoms with Crippen LogP contribution in [0.2, 0.25) is 0 Å². The van der Waals surface area contributed by atoms with Crippen molar-refractivity contribution in [3.05, 3.63) is 42.1 Å². The highest BCUT2D eigenvalue weighted by atomic mass is 16.2. The molecule has 2 heterocycles. The maximum absolute atomic E-state index is 12.8. The smallest absolute Gasteiger partial charge is 0.237 e. The Morgan fingerprint density at radius 3 is 2.79 bits per heavy atom. The third-order valence-corrected chi connectivity index (χ3v) is 4.94. The number of benzene rings is 1. The molecule has 7 nitrogen and oxygen atoms in total. The minimum Gasteiger partial charge on any atom is -0.353 e. The fraction of sp³-hybridized carbons (Fsp3) is 0.476. The molecule has 2 amide bonds. The average molecular weight is 383 g/mol.